The van der Waals surface area contributed by atoms with Gasteiger partial charge in [0.25, 0.3) is 0 Å². The van der Waals surface area contributed by atoms with Gasteiger partial charge in [0, 0.05) is 7.11 Å². The van der Waals surface area contributed by atoms with E-state index in [1.165, 1.54) is 12.1 Å². The Bertz CT molecular complexity index is 668. The van der Waals surface area contributed by atoms with Gasteiger partial charge in [-0.05, 0) is 55.5 Å². The number of hydrogen-bond acceptors (Lipinski definition) is 5. The van der Waals surface area contributed by atoms with Crippen molar-refractivity contribution in [2.24, 2.45) is 0 Å². The molecule has 0 aliphatic heterocycles. The molecule has 0 saturated carbocycles. The molecule has 2 rings (SSSR count). The summed E-state index contributed by atoms with van der Waals surface area (Å²) in [6.45, 7) is 2.86. The molecule has 2 aromatic carbocycles. The van der Waals surface area contributed by atoms with E-state index in [1.54, 1.807) is 50.4 Å². The van der Waals surface area contributed by atoms with Gasteiger partial charge >= 0.3 is 7.60 Å². The first-order valence-electron chi connectivity index (χ1n) is 7.53. The van der Waals surface area contributed by atoms with Crippen LogP contribution in [0, 0.1) is 0 Å². The van der Waals surface area contributed by atoms with Crippen molar-refractivity contribution in [1.82, 2.24) is 0 Å². The van der Waals surface area contributed by atoms with Crippen molar-refractivity contribution >= 4 is 12.9 Å². The van der Waals surface area contributed by atoms with E-state index in [0.29, 0.717) is 24.7 Å². The van der Waals surface area contributed by atoms with Crippen molar-refractivity contribution in [3.8, 4) is 17.2 Å². The van der Waals surface area contributed by atoms with Crippen molar-refractivity contribution in [2.45, 2.75) is 6.92 Å². The molecule has 0 aromatic heterocycles. The normalized spacial score (nSPS) is 13.3. The predicted molar refractivity (Wildman–Crippen MR) is 91.4 cm³/mol. The Morgan fingerprint density at radius 1 is 0.917 bits per heavy atom. The van der Waals surface area contributed by atoms with Gasteiger partial charge in [0.15, 0.2) is 0 Å². The zero-order valence-corrected chi connectivity index (χ0v) is 14.6. The number of methoxy groups -OCH3 is 1. The van der Waals surface area contributed by atoms with Crippen LogP contribution in [0.15, 0.2) is 48.5 Å². The third-order valence-electron chi connectivity index (χ3n) is 3.08. The molecule has 2 aromatic rings. The van der Waals surface area contributed by atoms with E-state index in [-0.39, 0.29) is 11.9 Å². The fraction of sp³-hybridized carbons (Fsp3) is 0.294. The molecule has 1 atom stereocenters. The van der Waals surface area contributed by atoms with Crippen molar-refractivity contribution in [3.63, 3.8) is 0 Å². The van der Waals surface area contributed by atoms with Crippen LogP contribution in [0.2, 0.25) is 0 Å². The highest BCUT2D eigenvalue weighted by Crippen LogP contribution is 2.40. The van der Waals surface area contributed by atoms with Crippen molar-refractivity contribution in [2.75, 3.05) is 26.9 Å². The fourth-order valence-electron chi connectivity index (χ4n) is 1.93. The maximum atomic E-state index is 11.9. The van der Waals surface area contributed by atoms with Gasteiger partial charge in [-0.2, -0.15) is 0 Å². The van der Waals surface area contributed by atoms with Crippen LogP contribution in [0.1, 0.15) is 6.92 Å². The Kier molecular flexibility index (Phi) is 6.82. The van der Waals surface area contributed by atoms with Crippen molar-refractivity contribution in [1.29, 1.82) is 0 Å². The maximum Gasteiger partial charge on any atom is 0.358 e. The zero-order valence-electron chi connectivity index (χ0n) is 13.7. The molecule has 1 unspecified atom stereocenters. The van der Waals surface area contributed by atoms with E-state index in [2.05, 4.69) is 0 Å². The lowest BCUT2D eigenvalue weighted by Gasteiger charge is -2.12. The van der Waals surface area contributed by atoms with E-state index >= 15 is 0 Å². The van der Waals surface area contributed by atoms with Crippen LogP contribution in [0.4, 0.5) is 0 Å². The molecule has 0 bridgehead atoms. The second-order valence-electron chi connectivity index (χ2n) is 4.85. The molecule has 6 nitrogen and oxygen atoms in total. The van der Waals surface area contributed by atoms with Gasteiger partial charge in [-0.3, -0.25) is 4.57 Å². The number of rotatable bonds is 9. The quantitative estimate of drug-likeness (QED) is 0.551. The summed E-state index contributed by atoms with van der Waals surface area (Å²) in [6, 6.07) is 13.5. The van der Waals surface area contributed by atoms with Gasteiger partial charge in [-0.15, -0.1) is 0 Å². The summed E-state index contributed by atoms with van der Waals surface area (Å²) in [7, 11) is -2.13. The zero-order chi connectivity index (χ0) is 17.4. The minimum absolute atomic E-state index is 0.171. The minimum atomic E-state index is -3.75. The summed E-state index contributed by atoms with van der Waals surface area (Å²) >= 11 is 0. The van der Waals surface area contributed by atoms with Crippen LogP contribution in [0.5, 0.6) is 17.2 Å². The van der Waals surface area contributed by atoms with E-state index in [0.717, 1.165) is 5.75 Å². The molecule has 0 radical (unpaired) electrons. The Hall–Kier alpha value is -1.85. The second-order valence-corrected chi connectivity index (χ2v) is 6.66. The maximum absolute atomic E-state index is 11.9. The summed E-state index contributed by atoms with van der Waals surface area (Å²) in [5.41, 5.74) is 0. The average molecular weight is 352 g/mol. The van der Waals surface area contributed by atoms with Gasteiger partial charge in [-0.1, -0.05) is 0 Å². The molecule has 130 valence electrons. The molecule has 0 saturated heterocycles. The standard InChI is InChI=1S/C17H21O6P/c1-3-22-24(18,19)17-10-8-16(9-11-17)23-15-6-4-14(5-7-15)21-13-12-20-2/h4-11H,3,12-13H2,1-2H3,(H,18,19). The lowest BCUT2D eigenvalue weighted by molar-refractivity contribution is 0.146. The highest BCUT2D eigenvalue weighted by molar-refractivity contribution is 7.61. The third kappa shape index (κ3) is 5.35. The van der Waals surface area contributed by atoms with Crippen molar-refractivity contribution < 1.29 is 28.2 Å². The molecule has 7 heteroatoms. The summed E-state index contributed by atoms with van der Waals surface area (Å²) in [5, 5.41) is 0.235. The molecule has 0 amide bonds. The second kappa shape index (κ2) is 8.85. The largest absolute Gasteiger partial charge is 0.491 e. The molecule has 0 aliphatic rings. The lowest BCUT2D eigenvalue weighted by Crippen LogP contribution is -2.06. The topological polar surface area (TPSA) is 74.2 Å². The number of hydrogen-bond donors (Lipinski definition) is 1. The van der Waals surface area contributed by atoms with Gasteiger partial charge in [0.1, 0.15) is 23.9 Å². The van der Waals surface area contributed by atoms with Gasteiger partial charge in [0.2, 0.25) is 0 Å². The Morgan fingerprint density at radius 3 is 2.00 bits per heavy atom. The molecule has 0 heterocycles. The highest BCUT2D eigenvalue weighted by atomic mass is 31.2. The summed E-state index contributed by atoms with van der Waals surface area (Å²) in [5.74, 6) is 1.93. The van der Waals surface area contributed by atoms with Crippen LogP contribution >= 0.6 is 7.60 Å². The predicted octanol–water partition coefficient (Wildman–Crippen LogP) is 3.35. The monoisotopic (exact) mass is 352 g/mol. The van der Waals surface area contributed by atoms with E-state index in [4.69, 9.17) is 18.7 Å². The third-order valence-corrected chi connectivity index (χ3v) is 4.64. The molecular formula is C17H21O6P. The van der Waals surface area contributed by atoms with Crippen LogP contribution in [0.3, 0.4) is 0 Å². The van der Waals surface area contributed by atoms with E-state index in [1.807, 2.05) is 0 Å². The molecule has 0 fully saturated rings. The first-order valence-corrected chi connectivity index (χ1v) is 9.10. The van der Waals surface area contributed by atoms with Gasteiger partial charge < -0.3 is 23.6 Å². The first-order chi connectivity index (χ1) is 11.5. The van der Waals surface area contributed by atoms with E-state index < -0.39 is 7.60 Å². The molecule has 0 spiro atoms. The Morgan fingerprint density at radius 2 is 1.46 bits per heavy atom. The van der Waals surface area contributed by atoms with Gasteiger partial charge in [-0.25, -0.2) is 0 Å². The minimum Gasteiger partial charge on any atom is -0.491 e. The van der Waals surface area contributed by atoms with Crippen LogP contribution in [-0.2, 0) is 13.8 Å². The molecule has 0 aliphatic carbocycles. The number of ether oxygens (including phenoxy) is 3. The van der Waals surface area contributed by atoms with Crippen molar-refractivity contribution in [3.05, 3.63) is 48.5 Å². The molecule has 24 heavy (non-hydrogen) atoms. The van der Waals surface area contributed by atoms with Crippen LogP contribution in [-0.4, -0.2) is 31.8 Å². The fourth-order valence-corrected chi connectivity index (χ4v) is 2.96. The number of benzene rings is 2. The van der Waals surface area contributed by atoms with Crippen LogP contribution < -0.4 is 14.8 Å². The Labute approximate surface area is 141 Å². The summed E-state index contributed by atoms with van der Waals surface area (Å²) in [4.78, 5) is 9.76. The molecule has 1 N–H and O–H groups in total. The first kappa shape index (κ1) is 18.5. The summed E-state index contributed by atoms with van der Waals surface area (Å²) < 4.78 is 32.9. The molecular weight excluding hydrogens is 331 g/mol. The lowest BCUT2D eigenvalue weighted by atomic mass is 10.3. The highest BCUT2D eigenvalue weighted by Gasteiger charge is 2.21. The SMILES string of the molecule is CCOP(=O)(O)c1ccc(Oc2ccc(OCCOC)cc2)cc1. The summed E-state index contributed by atoms with van der Waals surface area (Å²) in [6.07, 6.45) is 0. The van der Waals surface area contributed by atoms with Gasteiger partial charge in [0.05, 0.1) is 18.5 Å². The van der Waals surface area contributed by atoms with Crippen LogP contribution in [0.25, 0.3) is 0 Å². The smallest absolute Gasteiger partial charge is 0.358 e. The average Bonchev–Trinajstić information content (AvgIpc) is 2.57. The van der Waals surface area contributed by atoms with E-state index in [9.17, 15) is 9.46 Å². The Balaban J connectivity index is 1.97.